The van der Waals surface area contributed by atoms with E-state index >= 15 is 0 Å². The Morgan fingerprint density at radius 2 is 1.56 bits per heavy atom. The molecule has 1 aliphatic rings. The Morgan fingerprint density at radius 3 is 2.44 bits per heavy atom. The third-order valence-electron chi connectivity index (χ3n) is 5.62. The maximum absolute atomic E-state index is 6.09. The molecule has 27 heavy (non-hydrogen) atoms. The molecule has 1 aliphatic heterocycles. The topological polar surface area (TPSA) is 54.2 Å². The molecule has 3 N–H and O–H groups in total. The Hall–Kier alpha value is -3.59. The van der Waals surface area contributed by atoms with Crippen LogP contribution in [-0.2, 0) is 6.42 Å². The van der Waals surface area contributed by atoms with Gasteiger partial charge in [-0.3, -0.25) is 4.99 Å². The van der Waals surface area contributed by atoms with Gasteiger partial charge in [0.1, 0.15) is 0 Å². The number of rotatable bonds is 1. The summed E-state index contributed by atoms with van der Waals surface area (Å²) in [5.41, 5.74) is 12.7. The minimum Gasteiger partial charge on any atom is -0.399 e. The SMILES string of the molecule is Nc1ccc2c3c(c4ccccc4c2c1)N=C(c1c[nH]c2ccccc12)C3. The average Bonchev–Trinajstić information content (AvgIpc) is 3.32. The molecule has 0 spiro atoms. The number of aromatic amines is 1. The van der Waals surface area contributed by atoms with Crippen molar-refractivity contribution in [3.8, 4) is 0 Å². The van der Waals surface area contributed by atoms with E-state index in [1.54, 1.807) is 0 Å². The fourth-order valence-electron chi connectivity index (χ4n) is 4.38. The second-order valence-corrected chi connectivity index (χ2v) is 7.16. The first-order valence-corrected chi connectivity index (χ1v) is 9.16. The van der Waals surface area contributed by atoms with Crippen molar-refractivity contribution in [3.05, 3.63) is 84.1 Å². The maximum Gasteiger partial charge on any atom is 0.0754 e. The standard InChI is InChI=1S/C24H17N3/c25-14-9-10-16-19(11-14)15-5-1-2-7-18(15)24-20(16)12-23(27-24)21-13-26-22-8-4-3-6-17(21)22/h1-11,13,26H,12,25H2. The summed E-state index contributed by atoms with van der Waals surface area (Å²) in [6.07, 6.45) is 2.92. The minimum atomic E-state index is 0.795. The van der Waals surface area contributed by atoms with Gasteiger partial charge >= 0.3 is 0 Å². The highest BCUT2D eigenvalue weighted by Gasteiger charge is 2.23. The van der Waals surface area contributed by atoms with Crippen LogP contribution in [0.15, 0.2) is 77.9 Å². The number of aliphatic imine (C=N–C) groups is 1. The van der Waals surface area contributed by atoms with Crippen molar-refractivity contribution < 1.29 is 0 Å². The molecule has 1 aromatic heterocycles. The van der Waals surface area contributed by atoms with Crippen LogP contribution in [0.1, 0.15) is 11.1 Å². The van der Waals surface area contributed by atoms with Gasteiger partial charge in [-0.2, -0.15) is 0 Å². The number of hydrogen-bond acceptors (Lipinski definition) is 2. The van der Waals surface area contributed by atoms with Crippen LogP contribution in [0.25, 0.3) is 32.4 Å². The monoisotopic (exact) mass is 347 g/mol. The fourth-order valence-corrected chi connectivity index (χ4v) is 4.38. The highest BCUT2D eigenvalue weighted by Crippen LogP contribution is 2.43. The predicted molar refractivity (Wildman–Crippen MR) is 114 cm³/mol. The van der Waals surface area contributed by atoms with E-state index in [9.17, 15) is 0 Å². The summed E-state index contributed by atoms with van der Waals surface area (Å²) in [5, 5.41) is 6.08. The highest BCUT2D eigenvalue weighted by atomic mass is 14.8. The van der Waals surface area contributed by atoms with Gasteiger partial charge < -0.3 is 10.7 Å². The smallest absolute Gasteiger partial charge is 0.0754 e. The van der Waals surface area contributed by atoms with E-state index in [0.717, 1.165) is 29.0 Å². The molecule has 0 unspecified atom stereocenters. The number of nitrogens with zero attached hydrogens (tertiary/aromatic N) is 1. The number of hydrogen-bond donors (Lipinski definition) is 2. The molecule has 0 saturated carbocycles. The zero-order valence-electron chi connectivity index (χ0n) is 14.7. The van der Waals surface area contributed by atoms with E-state index in [4.69, 9.17) is 10.7 Å². The Morgan fingerprint density at radius 1 is 0.778 bits per heavy atom. The lowest BCUT2D eigenvalue weighted by Gasteiger charge is -2.10. The van der Waals surface area contributed by atoms with Crippen LogP contribution in [0.4, 0.5) is 11.4 Å². The van der Waals surface area contributed by atoms with Crippen LogP contribution in [0.2, 0.25) is 0 Å². The van der Waals surface area contributed by atoms with Crippen LogP contribution in [0.3, 0.4) is 0 Å². The van der Waals surface area contributed by atoms with Gasteiger partial charge in [0.2, 0.25) is 0 Å². The molecule has 5 aromatic rings. The average molecular weight is 347 g/mol. The third kappa shape index (κ3) is 1.99. The van der Waals surface area contributed by atoms with E-state index < -0.39 is 0 Å². The largest absolute Gasteiger partial charge is 0.399 e. The quantitative estimate of drug-likeness (QED) is 0.295. The second-order valence-electron chi connectivity index (χ2n) is 7.16. The Bertz CT molecular complexity index is 1410. The molecule has 0 amide bonds. The Balaban J connectivity index is 1.66. The zero-order valence-corrected chi connectivity index (χ0v) is 14.7. The maximum atomic E-state index is 6.09. The molecule has 0 aliphatic carbocycles. The number of para-hydroxylation sites is 1. The number of nitrogens with two attached hydrogens (primary N) is 1. The van der Waals surface area contributed by atoms with Gasteiger partial charge in [-0.1, -0.05) is 48.5 Å². The first-order valence-electron chi connectivity index (χ1n) is 9.16. The van der Waals surface area contributed by atoms with Crippen molar-refractivity contribution in [3.63, 3.8) is 0 Å². The molecule has 0 saturated heterocycles. The lowest BCUT2D eigenvalue weighted by molar-refractivity contribution is 1.42. The first kappa shape index (κ1) is 14.6. The van der Waals surface area contributed by atoms with Crippen LogP contribution in [0.5, 0.6) is 0 Å². The predicted octanol–water partition coefficient (Wildman–Crippen LogP) is 5.73. The van der Waals surface area contributed by atoms with Gasteiger partial charge in [0, 0.05) is 40.2 Å². The molecule has 128 valence electrons. The molecule has 0 radical (unpaired) electrons. The van der Waals surface area contributed by atoms with E-state index in [0.29, 0.717) is 0 Å². The molecule has 0 atom stereocenters. The molecule has 0 bridgehead atoms. The summed E-state index contributed by atoms with van der Waals surface area (Å²) in [5.74, 6) is 0. The van der Waals surface area contributed by atoms with Gasteiger partial charge in [0.25, 0.3) is 0 Å². The van der Waals surface area contributed by atoms with E-state index in [1.165, 1.54) is 38.1 Å². The number of benzene rings is 4. The van der Waals surface area contributed by atoms with Crippen LogP contribution >= 0.6 is 0 Å². The number of H-pyrrole nitrogens is 1. The van der Waals surface area contributed by atoms with Crippen molar-refractivity contribution in [2.24, 2.45) is 4.99 Å². The van der Waals surface area contributed by atoms with E-state index in [2.05, 4.69) is 71.8 Å². The highest BCUT2D eigenvalue weighted by molar-refractivity contribution is 6.22. The normalized spacial score (nSPS) is 13.4. The van der Waals surface area contributed by atoms with Gasteiger partial charge in [0.05, 0.1) is 11.4 Å². The summed E-state index contributed by atoms with van der Waals surface area (Å²) in [7, 11) is 0. The van der Waals surface area contributed by atoms with Crippen molar-refractivity contribution in [2.45, 2.75) is 6.42 Å². The van der Waals surface area contributed by atoms with Crippen molar-refractivity contribution >= 4 is 49.5 Å². The number of nitrogen functional groups attached to an aromatic ring is 1. The number of anilines is 1. The number of fused-ring (bicyclic) bond motifs is 7. The summed E-state index contributed by atoms with van der Waals surface area (Å²) in [6, 6.07) is 23.1. The van der Waals surface area contributed by atoms with Gasteiger partial charge in [0.15, 0.2) is 0 Å². The van der Waals surface area contributed by atoms with Crippen LogP contribution < -0.4 is 5.73 Å². The molecule has 0 fully saturated rings. The fraction of sp³-hybridized carbons (Fsp3) is 0.0417. The third-order valence-corrected chi connectivity index (χ3v) is 5.62. The van der Waals surface area contributed by atoms with Gasteiger partial charge in [-0.15, -0.1) is 0 Å². The number of nitrogens with one attached hydrogen (secondary N) is 1. The lowest BCUT2D eigenvalue weighted by Crippen LogP contribution is -1.99. The van der Waals surface area contributed by atoms with E-state index in [1.807, 2.05) is 6.07 Å². The van der Waals surface area contributed by atoms with Crippen LogP contribution in [0, 0.1) is 0 Å². The first-order chi connectivity index (χ1) is 13.3. The lowest BCUT2D eigenvalue weighted by atomic mass is 9.93. The van der Waals surface area contributed by atoms with E-state index in [-0.39, 0.29) is 0 Å². The molecule has 4 aromatic carbocycles. The second kappa shape index (κ2) is 5.21. The van der Waals surface area contributed by atoms with Crippen LogP contribution in [-0.4, -0.2) is 10.7 Å². The summed E-state index contributed by atoms with van der Waals surface area (Å²) >= 11 is 0. The summed E-state index contributed by atoms with van der Waals surface area (Å²) in [6.45, 7) is 0. The molecule has 3 heteroatoms. The zero-order chi connectivity index (χ0) is 18.0. The van der Waals surface area contributed by atoms with Crippen molar-refractivity contribution in [2.75, 3.05) is 5.73 Å². The number of aromatic nitrogens is 1. The van der Waals surface area contributed by atoms with Gasteiger partial charge in [-0.05, 0) is 39.9 Å². The summed E-state index contributed by atoms with van der Waals surface area (Å²) in [4.78, 5) is 8.49. The Labute approximate surface area is 156 Å². The molecule has 6 rings (SSSR count). The van der Waals surface area contributed by atoms with Gasteiger partial charge in [-0.25, -0.2) is 0 Å². The molecular formula is C24H17N3. The van der Waals surface area contributed by atoms with Crippen molar-refractivity contribution in [1.82, 2.24) is 4.98 Å². The minimum absolute atomic E-state index is 0.795. The molecule has 3 nitrogen and oxygen atoms in total. The molecular weight excluding hydrogens is 330 g/mol. The van der Waals surface area contributed by atoms with Crippen molar-refractivity contribution in [1.29, 1.82) is 0 Å². The molecule has 2 heterocycles. The Kier molecular flexibility index (Phi) is 2.81. The summed E-state index contributed by atoms with van der Waals surface area (Å²) < 4.78 is 0.